The minimum Gasteiger partial charge on any atom is -1.00 e. The lowest BCUT2D eigenvalue weighted by Crippen LogP contribution is -3.00. The molecule has 0 unspecified atom stereocenters. The number of hydrogen-bond acceptors (Lipinski definition) is 2. The highest BCUT2D eigenvalue weighted by molar-refractivity contribution is 5.25. The van der Waals surface area contributed by atoms with Crippen molar-refractivity contribution in [3.8, 4) is 5.69 Å². The number of nitrogens with one attached hydrogen (secondary N) is 1. The lowest BCUT2D eigenvalue weighted by molar-refractivity contribution is -0.716. The van der Waals surface area contributed by atoms with Crippen molar-refractivity contribution in [2.75, 3.05) is 0 Å². The third-order valence-electron chi connectivity index (χ3n) is 1.66. The predicted molar refractivity (Wildman–Crippen MR) is 42.7 cm³/mol. The number of rotatable bonds is 1. The van der Waals surface area contributed by atoms with E-state index in [0.717, 1.165) is 5.69 Å². The van der Waals surface area contributed by atoms with Gasteiger partial charge in [0.25, 0.3) is 6.33 Å². The number of nitrogens with zero attached hydrogens (tertiary/aromatic N) is 3. The molecule has 1 aromatic heterocycles. The average Bonchev–Trinajstić information content (AvgIpc) is 2.58. The van der Waals surface area contributed by atoms with Gasteiger partial charge in [-0.05, 0) is 34.2 Å². The normalized spacial score (nSPS) is 9.31. The lowest BCUT2D eigenvalue weighted by atomic mass is 10.2. The first-order valence-corrected chi connectivity index (χ1v) is 3.71. The number of benzene rings is 1. The average molecular weight is 197 g/mol. The Morgan fingerprint density at radius 3 is 2.46 bits per heavy atom. The molecular formula is C8H9ClN4. The van der Waals surface area contributed by atoms with Crippen molar-refractivity contribution < 1.29 is 17.2 Å². The number of aryl methyl sites for hydroxylation is 1. The fourth-order valence-corrected chi connectivity index (χ4v) is 0.994. The van der Waals surface area contributed by atoms with Gasteiger partial charge in [0.2, 0.25) is 0 Å². The molecule has 0 saturated carbocycles. The smallest absolute Gasteiger partial charge is 0.297 e. The number of aromatic amines is 1. The fraction of sp³-hybridized carbons (Fsp3) is 0.125. The van der Waals surface area contributed by atoms with Gasteiger partial charge in [0.15, 0.2) is 5.69 Å². The zero-order valence-electron chi connectivity index (χ0n) is 7.11. The second-order valence-electron chi connectivity index (χ2n) is 2.61. The number of tetrazole rings is 1. The monoisotopic (exact) mass is 196 g/mol. The molecule has 0 aliphatic heterocycles. The van der Waals surface area contributed by atoms with Crippen LogP contribution in [0, 0.1) is 6.92 Å². The molecule has 68 valence electrons. The summed E-state index contributed by atoms with van der Waals surface area (Å²) >= 11 is 0. The van der Waals surface area contributed by atoms with Gasteiger partial charge in [0.05, 0.1) is 5.10 Å². The minimum atomic E-state index is 0. The third-order valence-corrected chi connectivity index (χ3v) is 1.66. The van der Waals surface area contributed by atoms with Crippen molar-refractivity contribution in [3.63, 3.8) is 0 Å². The van der Waals surface area contributed by atoms with Gasteiger partial charge in [0, 0.05) is 0 Å². The largest absolute Gasteiger partial charge is 1.00 e. The predicted octanol–water partition coefficient (Wildman–Crippen LogP) is -2.61. The van der Waals surface area contributed by atoms with E-state index in [2.05, 4.69) is 22.3 Å². The summed E-state index contributed by atoms with van der Waals surface area (Å²) in [4.78, 5) is 1.61. The second-order valence-corrected chi connectivity index (χ2v) is 2.61. The molecule has 1 heterocycles. The molecular weight excluding hydrogens is 188 g/mol. The van der Waals surface area contributed by atoms with Crippen LogP contribution in [0.5, 0.6) is 0 Å². The Bertz CT molecular complexity index is 354. The number of H-pyrrole nitrogens is 1. The first kappa shape index (κ1) is 9.67. The molecule has 0 spiro atoms. The summed E-state index contributed by atoms with van der Waals surface area (Å²) < 4.78 is 0. The molecule has 0 radical (unpaired) electrons. The van der Waals surface area contributed by atoms with Crippen LogP contribution in [0.1, 0.15) is 5.56 Å². The molecule has 0 amide bonds. The molecule has 0 aliphatic rings. The number of halogens is 1. The first-order valence-electron chi connectivity index (χ1n) is 3.71. The van der Waals surface area contributed by atoms with Crippen LogP contribution >= 0.6 is 0 Å². The van der Waals surface area contributed by atoms with Crippen LogP contribution in [0.2, 0.25) is 0 Å². The van der Waals surface area contributed by atoms with Crippen molar-refractivity contribution in [2.45, 2.75) is 6.92 Å². The second kappa shape index (κ2) is 4.00. The standard InChI is InChI=1S/C8H8N4.ClH/c1-7-2-4-8(5-3-7)12-10-6-9-11-12;/h2-6H,1H3;1H. The highest BCUT2D eigenvalue weighted by Crippen LogP contribution is 2.00. The maximum atomic E-state index is 3.97. The number of hydrogen-bond donors (Lipinski definition) is 1. The molecule has 0 saturated heterocycles. The Kier molecular flexibility index (Phi) is 2.97. The van der Waals surface area contributed by atoms with Crippen LogP contribution in [0.3, 0.4) is 0 Å². The molecule has 2 aromatic rings. The minimum absolute atomic E-state index is 0. The Labute approximate surface area is 82.0 Å². The van der Waals surface area contributed by atoms with Crippen molar-refractivity contribution >= 4 is 0 Å². The molecule has 0 atom stereocenters. The van der Waals surface area contributed by atoms with Crippen molar-refractivity contribution in [2.24, 2.45) is 0 Å². The zero-order chi connectivity index (χ0) is 8.39. The zero-order valence-corrected chi connectivity index (χ0v) is 7.86. The van der Waals surface area contributed by atoms with Crippen LogP contribution in [0.15, 0.2) is 30.6 Å². The topological polar surface area (TPSA) is 45.5 Å². The van der Waals surface area contributed by atoms with Gasteiger partial charge < -0.3 is 12.4 Å². The van der Waals surface area contributed by atoms with E-state index in [1.807, 2.05) is 24.3 Å². The van der Waals surface area contributed by atoms with Crippen LogP contribution in [-0.2, 0) is 0 Å². The van der Waals surface area contributed by atoms with Gasteiger partial charge in [-0.3, -0.25) is 0 Å². The van der Waals surface area contributed by atoms with Crippen molar-refractivity contribution in [1.82, 2.24) is 15.4 Å². The van der Waals surface area contributed by atoms with E-state index >= 15 is 0 Å². The van der Waals surface area contributed by atoms with E-state index in [0.29, 0.717) is 0 Å². The summed E-state index contributed by atoms with van der Waals surface area (Å²) in [5.74, 6) is 0. The Hall–Kier alpha value is -1.42. The van der Waals surface area contributed by atoms with Crippen LogP contribution in [-0.4, -0.2) is 15.4 Å². The van der Waals surface area contributed by atoms with Crippen LogP contribution < -0.4 is 17.2 Å². The van der Waals surface area contributed by atoms with E-state index in [9.17, 15) is 0 Å². The van der Waals surface area contributed by atoms with E-state index < -0.39 is 0 Å². The Morgan fingerprint density at radius 1 is 1.23 bits per heavy atom. The van der Waals surface area contributed by atoms with Crippen LogP contribution in [0.25, 0.3) is 5.69 Å². The molecule has 0 fully saturated rings. The fourth-order valence-electron chi connectivity index (χ4n) is 0.994. The highest BCUT2D eigenvalue weighted by atomic mass is 35.5. The lowest BCUT2D eigenvalue weighted by Gasteiger charge is -1.92. The molecule has 1 N–H and O–H groups in total. The van der Waals surface area contributed by atoms with Gasteiger partial charge in [0.1, 0.15) is 0 Å². The molecule has 13 heavy (non-hydrogen) atoms. The molecule has 1 aromatic carbocycles. The molecule has 0 bridgehead atoms. The van der Waals surface area contributed by atoms with E-state index in [1.165, 1.54) is 11.9 Å². The molecule has 0 aliphatic carbocycles. The number of aromatic nitrogens is 4. The maximum Gasteiger partial charge on any atom is 0.297 e. The quantitative estimate of drug-likeness (QED) is 0.509. The summed E-state index contributed by atoms with van der Waals surface area (Å²) in [5.41, 5.74) is 2.22. The molecule has 2 rings (SSSR count). The van der Waals surface area contributed by atoms with Gasteiger partial charge in [-0.1, -0.05) is 17.7 Å². The summed E-state index contributed by atoms with van der Waals surface area (Å²) in [6.07, 6.45) is 1.47. The maximum absolute atomic E-state index is 3.97. The van der Waals surface area contributed by atoms with Crippen molar-refractivity contribution in [3.05, 3.63) is 36.2 Å². The van der Waals surface area contributed by atoms with Gasteiger partial charge in [-0.25, -0.2) is 0 Å². The SMILES string of the molecule is Cc1ccc(-[n+]2ncn[nH]2)cc1.[Cl-]. The Morgan fingerprint density at radius 2 is 1.92 bits per heavy atom. The third kappa shape index (κ3) is 2.03. The van der Waals surface area contributed by atoms with E-state index in [1.54, 1.807) is 4.80 Å². The van der Waals surface area contributed by atoms with E-state index in [4.69, 9.17) is 0 Å². The summed E-state index contributed by atoms with van der Waals surface area (Å²) in [5, 5.41) is 10.4. The van der Waals surface area contributed by atoms with Crippen LogP contribution in [0.4, 0.5) is 0 Å². The van der Waals surface area contributed by atoms with Crippen molar-refractivity contribution in [1.29, 1.82) is 0 Å². The van der Waals surface area contributed by atoms with Gasteiger partial charge in [-0.2, -0.15) is 0 Å². The Balaban J connectivity index is 0.000000845. The first-order chi connectivity index (χ1) is 5.86. The summed E-state index contributed by atoms with van der Waals surface area (Å²) in [6, 6.07) is 8.04. The van der Waals surface area contributed by atoms with Gasteiger partial charge in [-0.15, -0.1) is 0 Å². The highest BCUT2D eigenvalue weighted by Gasteiger charge is 2.02. The molecule has 4 nitrogen and oxygen atoms in total. The summed E-state index contributed by atoms with van der Waals surface area (Å²) in [7, 11) is 0. The summed E-state index contributed by atoms with van der Waals surface area (Å²) in [6.45, 7) is 2.05. The van der Waals surface area contributed by atoms with Gasteiger partial charge >= 0.3 is 0 Å². The van der Waals surface area contributed by atoms with E-state index in [-0.39, 0.29) is 12.4 Å². The molecule has 5 heteroatoms.